The SMILES string of the molecule is CC(C)OCc1ccccc1CNC(=O)C1CCN(S(=O)(=O)c2ccc(Cl)cc2)CC1. The lowest BCUT2D eigenvalue weighted by Crippen LogP contribution is -2.42. The summed E-state index contributed by atoms with van der Waals surface area (Å²) in [4.78, 5) is 12.9. The fourth-order valence-corrected chi connectivity index (χ4v) is 5.16. The van der Waals surface area contributed by atoms with E-state index in [1.54, 1.807) is 12.1 Å². The molecule has 0 bridgehead atoms. The standard InChI is InChI=1S/C23H29ClN2O4S/c1-17(2)30-16-20-6-4-3-5-19(20)15-25-23(27)18-11-13-26(14-12-18)31(28,29)22-9-7-21(24)8-10-22/h3-10,17-18H,11-16H2,1-2H3,(H,25,27). The maximum atomic E-state index is 12.8. The number of piperidine rings is 1. The lowest BCUT2D eigenvalue weighted by atomic mass is 9.97. The Morgan fingerprint density at radius 2 is 1.71 bits per heavy atom. The summed E-state index contributed by atoms with van der Waals surface area (Å²) in [6.07, 6.45) is 1.13. The first-order valence-electron chi connectivity index (χ1n) is 10.5. The van der Waals surface area contributed by atoms with Crippen molar-refractivity contribution in [3.63, 3.8) is 0 Å². The number of sulfonamides is 1. The Balaban J connectivity index is 1.53. The molecule has 0 unspecified atom stereocenters. The number of rotatable bonds is 8. The van der Waals surface area contributed by atoms with E-state index >= 15 is 0 Å². The Hall–Kier alpha value is -1.93. The van der Waals surface area contributed by atoms with Crippen LogP contribution in [-0.2, 0) is 32.7 Å². The molecule has 31 heavy (non-hydrogen) atoms. The molecule has 0 saturated carbocycles. The summed E-state index contributed by atoms with van der Waals surface area (Å²) in [5.41, 5.74) is 2.08. The number of ether oxygens (including phenoxy) is 1. The predicted molar refractivity (Wildman–Crippen MR) is 121 cm³/mol. The van der Waals surface area contributed by atoms with Crippen LogP contribution in [0.4, 0.5) is 0 Å². The molecule has 2 aromatic rings. The summed E-state index contributed by atoms with van der Waals surface area (Å²) in [6.45, 7) is 5.56. The number of amides is 1. The minimum absolute atomic E-state index is 0.0388. The highest BCUT2D eigenvalue weighted by Crippen LogP contribution is 2.25. The highest BCUT2D eigenvalue weighted by atomic mass is 35.5. The number of nitrogens with one attached hydrogen (secondary N) is 1. The van der Waals surface area contributed by atoms with Crippen molar-refractivity contribution >= 4 is 27.5 Å². The van der Waals surface area contributed by atoms with E-state index in [1.807, 2.05) is 38.1 Å². The number of hydrogen-bond acceptors (Lipinski definition) is 4. The minimum atomic E-state index is -3.57. The van der Waals surface area contributed by atoms with Crippen molar-refractivity contribution < 1.29 is 17.9 Å². The molecule has 1 N–H and O–H groups in total. The van der Waals surface area contributed by atoms with E-state index in [2.05, 4.69) is 5.32 Å². The lowest BCUT2D eigenvalue weighted by molar-refractivity contribution is -0.126. The number of nitrogens with zero attached hydrogens (tertiary/aromatic N) is 1. The van der Waals surface area contributed by atoms with E-state index in [9.17, 15) is 13.2 Å². The van der Waals surface area contributed by atoms with Gasteiger partial charge in [-0.15, -0.1) is 0 Å². The number of carbonyl (C=O) groups is 1. The fourth-order valence-electron chi connectivity index (χ4n) is 3.57. The number of carbonyl (C=O) groups excluding carboxylic acids is 1. The van der Waals surface area contributed by atoms with E-state index < -0.39 is 10.0 Å². The number of benzene rings is 2. The van der Waals surface area contributed by atoms with Gasteiger partial charge in [0.05, 0.1) is 17.6 Å². The zero-order valence-electron chi connectivity index (χ0n) is 17.9. The van der Waals surface area contributed by atoms with Crippen LogP contribution in [0.25, 0.3) is 0 Å². The van der Waals surface area contributed by atoms with Crippen LogP contribution < -0.4 is 5.32 Å². The summed E-state index contributed by atoms with van der Waals surface area (Å²) in [5.74, 6) is -0.237. The second-order valence-electron chi connectivity index (χ2n) is 7.98. The van der Waals surface area contributed by atoms with Gasteiger partial charge in [0.15, 0.2) is 0 Å². The third kappa shape index (κ3) is 6.29. The van der Waals surface area contributed by atoms with E-state index in [0.29, 0.717) is 44.1 Å². The number of halogens is 1. The molecule has 1 heterocycles. The first-order chi connectivity index (χ1) is 14.8. The van der Waals surface area contributed by atoms with Gasteiger partial charge >= 0.3 is 0 Å². The van der Waals surface area contributed by atoms with Crippen molar-refractivity contribution in [2.45, 2.75) is 50.8 Å². The molecule has 0 atom stereocenters. The largest absolute Gasteiger partial charge is 0.374 e. The van der Waals surface area contributed by atoms with Crippen LogP contribution in [0.2, 0.25) is 5.02 Å². The maximum Gasteiger partial charge on any atom is 0.243 e. The van der Waals surface area contributed by atoms with Gasteiger partial charge in [0.2, 0.25) is 15.9 Å². The van der Waals surface area contributed by atoms with Crippen LogP contribution in [0.15, 0.2) is 53.4 Å². The molecular formula is C23H29ClN2O4S. The molecule has 1 saturated heterocycles. The highest BCUT2D eigenvalue weighted by molar-refractivity contribution is 7.89. The Bertz CT molecular complexity index is 985. The first-order valence-corrected chi connectivity index (χ1v) is 12.3. The van der Waals surface area contributed by atoms with Crippen LogP contribution in [0.5, 0.6) is 0 Å². The van der Waals surface area contributed by atoms with Gasteiger partial charge in [-0.2, -0.15) is 4.31 Å². The smallest absolute Gasteiger partial charge is 0.243 e. The zero-order valence-corrected chi connectivity index (χ0v) is 19.5. The first kappa shape index (κ1) is 23.7. The minimum Gasteiger partial charge on any atom is -0.374 e. The zero-order chi connectivity index (χ0) is 22.4. The van der Waals surface area contributed by atoms with E-state index in [0.717, 1.165) is 11.1 Å². The van der Waals surface area contributed by atoms with Crippen LogP contribution in [0.1, 0.15) is 37.8 Å². The van der Waals surface area contributed by atoms with Gasteiger partial charge in [-0.3, -0.25) is 4.79 Å². The molecule has 1 fully saturated rings. The van der Waals surface area contributed by atoms with Gasteiger partial charge in [-0.1, -0.05) is 35.9 Å². The third-order valence-electron chi connectivity index (χ3n) is 5.42. The van der Waals surface area contributed by atoms with E-state index in [-0.39, 0.29) is 22.8 Å². The topological polar surface area (TPSA) is 75.7 Å². The van der Waals surface area contributed by atoms with Crippen molar-refractivity contribution in [3.05, 3.63) is 64.7 Å². The monoisotopic (exact) mass is 464 g/mol. The van der Waals surface area contributed by atoms with Crippen molar-refractivity contribution in [1.82, 2.24) is 9.62 Å². The predicted octanol–water partition coefficient (Wildman–Crippen LogP) is 3.98. The summed E-state index contributed by atoms with van der Waals surface area (Å²) in [5, 5.41) is 3.50. The molecule has 8 heteroatoms. The quantitative estimate of drug-likeness (QED) is 0.641. The Morgan fingerprint density at radius 3 is 2.32 bits per heavy atom. The summed E-state index contributed by atoms with van der Waals surface area (Å²) < 4.78 is 32.7. The van der Waals surface area contributed by atoms with Gasteiger partial charge in [0, 0.05) is 30.6 Å². The molecular weight excluding hydrogens is 436 g/mol. The van der Waals surface area contributed by atoms with Gasteiger partial charge in [0.1, 0.15) is 0 Å². The average molecular weight is 465 g/mol. The van der Waals surface area contributed by atoms with Gasteiger partial charge in [-0.05, 0) is 62.1 Å². The molecule has 3 rings (SSSR count). The van der Waals surface area contributed by atoms with Crippen LogP contribution in [-0.4, -0.2) is 37.8 Å². The Morgan fingerprint density at radius 1 is 1.10 bits per heavy atom. The average Bonchev–Trinajstić information content (AvgIpc) is 2.77. The molecule has 0 radical (unpaired) electrons. The normalized spacial score (nSPS) is 15.9. The molecule has 168 valence electrons. The molecule has 0 spiro atoms. The summed E-state index contributed by atoms with van der Waals surface area (Å²) in [7, 11) is -3.57. The Kier molecular flexibility index (Phi) is 8.11. The van der Waals surface area contributed by atoms with Crippen molar-refractivity contribution in [2.75, 3.05) is 13.1 Å². The Labute approximate surface area is 189 Å². The van der Waals surface area contributed by atoms with Gasteiger partial charge < -0.3 is 10.1 Å². The van der Waals surface area contributed by atoms with Crippen molar-refractivity contribution in [2.24, 2.45) is 5.92 Å². The molecule has 6 nitrogen and oxygen atoms in total. The molecule has 1 aliphatic heterocycles. The second kappa shape index (κ2) is 10.6. The molecule has 1 amide bonds. The highest BCUT2D eigenvalue weighted by Gasteiger charge is 2.32. The van der Waals surface area contributed by atoms with Crippen LogP contribution in [0.3, 0.4) is 0 Å². The van der Waals surface area contributed by atoms with Gasteiger partial charge in [0.25, 0.3) is 0 Å². The van der Waals surface area contributed by atoms with Crippen LogP contribution >= 0.6 is 11.6 Å². The van der Waals surface area contributed by atoms with Crippen molar-refractivity contribution in [1.29, 1.82) is 0 Å². The van der Waals surface area contributed by atoms with Crippen LogP contribution in [0, 0.1) is 5.92 Å². The molecule has 2 aromatic carbocycles. The summed E-state index contributed by atoms with van der Waals surface area (Å²) in [6, 6.07) is 14.1. The maximum absolute atomic E-state index is 12.8. The van der Waals surface area contributed by atoms with Crippen molar-refractivity contribution in [3.8, 4) is 0 Å². The number of hydrogen-bond donors (Lipinski definition) is 1. The molecule has 0 aliphatic carbocycles. The fraction of sp³-hybridized carbons (Fsp3) is 0.435. The second-order valence-corrected chi connectivity index (χ2v) is 10.4. The third-order valence-corrected chi connectivity index (χ3v) is 7.58. The van der Waals surface area contributed by atoms with E-state index in [1.165, 1.54) is 16.4 Å². The molecule has 1 aliphatic rings. The van der Waals surface area contributed by atoms with Gasteiger partial charge in [-0.25, -0.2) is 8.42 Å². The lowest BCUT2D eigenvalue weighted by Gasteiger charge is -2.30. The van der Waals surface area contributed by atoms with E-state index in [4.69, 9.17) is 16.3 Å². The summed E-state index contributed by atoms with van der Waals surface area (Å²) >= 11 is 5.86. The molecule has 0 aromatic heterocycles.